The Kier molecular flexibility index (Phi) is 3.22. The van der Waals surface area contributed by atoms with Crippen LogP contribution in [-0.2, 0) is 6.54 Å². The Morgan fingerprint density at radius 2 is 2.22 bits per heavy atom. The van der Waals surface area contributed by atoms with Crippen molar-refractivity contribution in [1.82, 2.24) is 9.97 Å². The molecule has 0 aliphatic rings. The molecule has 0 saturated carbocycles. The molecule has 2 aromatic heterocycles. The molecular weight excluding hydrogens is 236 g/mol. The van der Waals surface area contributed by atoms with Crippen molar-refractivity contribution < 1.29 is 9.34 Å². The molecule has 7 heteroatoms. The van der Waals surface area contributed by atoms with Crippen LogP contribution >= 0.6 is 0 Å². The molecule has 0 aliphatic carbocycles. The minimum atomic E-state index is -0.453. The van der Waals surface area contributed by atoms with E-state index >= 15 is 0 Å². The van der Waals surface area contributed by atoms with E-state index in [1.807, 2.05) is 0 Å². The van der Waals surface area contributed by atoms with Gasteiger partial charge in [0.2, 0.25) is 11.7 Å². The molecule has 94 valence electrons. The zero-order chi connectivity index (χ0) is 13.1. The fourth-order valence-electron chi connectivity index (χ4n) is 1.55. The number of hydrogen-bond acceptors (Lipinski definition) is 6. The number of aryl methyl sites for hydroxylation is 2. The van der Waals surface area contributed by atoms with Gasteiger partial charge < -0.3 is 9.73 Å². The third kappa shape index (κ3) is 2.45. The van der Waals surface area contributed by atoms with Crippen molar-refractivity contribution in [3.05, 3.63) is 45.8 Å². The van der Waals surface area contributed by atoms with Gasteiger partial charge in [-0.15, -0.1) is 0 Å². The fourth-order valence-corrected chi connectivity index (χ4v) is 1.55. The molecule has 0 aromatic carbocycles. The first kappa shape index (κ1) is 12.0. The summed E-state index contributed by atoms with van der Waals surface area (Å²) < 4.78 is 5.26. The standard InChI is InChI=1S/C11H12N4O3/c1-7-3-4-12-11(10(7)15(16)17)14-6-9-13-5-8(2)18-9/h3-5H,6H2,1-2H3,(H,12,14). The SMILES string of the molecule is Cc1cnc(CNc2nccc(C)c2[N+](=O)[O-])o1. The van der Waals surface area contributed by atoms with Gasteiger partial charge in [0.25, 0.3) is 0 Å². The van der Waals surface area contributed by atoms with Crippen molar-refractivity contribution in [3.8, 4) is 0 Å². The third-order valence-electron chi connectivity index (χ3n) is 2.38. The minimum Gasteiger partial charge on any atom is -0.444 e. The number of nitro groups is 1. The maximum absolute atomic E-state index is 10.9. The van der Waals surface area contributed by atoms with Crippen LogP contribution in [-0.4, -0.2) is 14.9 Å². The number of pyridine rings is 1. The summed E-state index contributed by atoms with van der Waals surface area (Å²) in [7, 11) is 0. The van der Waals surface area contributed by atoms with E-state index in [0.29, 0.717) is 17.2 Å². The lowest BCUT2D eigenvalue weighted by atomic mass is 10.2. The Hall–Kier alpha value is -2.44. The summed E-state index contributed by atoms with van der Waals surface area (Å²) in [6.45, 7) is 3.70. The molecular formula is C11H12N4O3. The number of aromatic nitrogens is 2. The number of hydrogen-bond donors (Lipinski definition) is 1. The van der Waals surface area contributed by atoms with E-state index in [1.165, 1.54) is 6.20 Å². The fraction of sp³-hybridized carbons (Fsp3) is 0.273. The van der Waals surface area contributed by atoms with E-state index in [9.17, 15) is 10.1 Å². The first-order valence-electron chi connectivity index (χ1n) is 5.33. The van der Waals surface area contributed by atoms with Gasteiger partial charge in [-0.05, 0) is 19.9 Å². The van der Waals surface area contributed by atoms with Gasteiger partial charge in [-0.25, -0.2) is 9.97 Å². The molecule has 0 fully saturated rings. The van der Waals surface area contributed by atoms with E-state index in [-0.39, 0.29) is 18.1 Å². The van der Waals surface area contributed by atoms with Gasteiger partial charge in [-0.3, -0.25) is 10.1 Å². The summed E-state index contributed by atoms with van der Waals surface area (Å²) in [5.41, 5.74) is 0.530. The Bertz CT molecular complexity index is 579. The maximum atomic E-state index is 10.9. The van der Waals surface area contributed by atoms with Crippen molar-refractivity contribution in [1.29, 1.82) is 0 Å². The zero-order valence-electron chi connectivity index (χ0n) is 10.0. The van der Waals surface area contributed by atoms with Gasteiger partial charge >= 0.3 is 5.69 Å². The molecule has 0 aliphatic heterocycles. The van der Waals surface area contributed by atoms with Crippen molar-refractivity contribution in [2.24, 2.45) is 0 Å². The van der Waals surface area contributed by atoms with Gasteiger partial charge in [0.1, 0.15) is 5.76 Å². The van der Waals surface area contributed by atoms with Crippen molar-refractivity contribution in [2.45, 2.75) is 20.4 Å². The summed E-state index contributed by atoms with van der Waals surface area (Å²) in [5.74, 6) is 1.37. The maximum Gasteiger partial charge on any atom is 0.314 e. The Morgan fingerprint density at radius 1 is 1.44 bits per heavy atom. The van der Waals surface area contributed by atoms with Crippen LogP contribution in [0, 0.1) is 24.0 Å². The molecule has 2 aromatic rings. The van der Waals surface area contributed by atoms with E-state index in [0.717, 1.165) is 0 Å². The molecule has 0 bridgehead atoms. The van der Waals surface area contributed by atoms with Gasteiger partial charge in [0, 0.05) is 11.8 Å². The van der Waals surface area contributed by atoms with Crippen LogP contribution in [0.25, 0.3) is 0 Å². The average Bonchev–Trinajstić information content (AvgIpc) is 2.72. The first-order valence-corrected chi connectivity index (χ1v) is 5.33. The monoisotopic (exact) mass is 248 g/mol. The van der Waals surface area contributed by atoms with Gasteiger partial charge in [-0.1, -0.05) is 0 Å². The number of rotatable bonds is 4. The molecule has 7 nitrogen and oxygen atoms in total. The van der Waals surface area contributed by atoms with Crippen LogP contribution in [0.2, 0.25) is 0 Å². The average molecular weight is 248 g/mol. The van der Waals surface area contributed by atoms with E-state index in [1.54, 1.807) is 26.1 Å². The highest BCUT2D eigenvalue weighted by Crippen LogP contribution is 2.25. The quantitative estimate of drug-likeness (QED) is 0.658. The number of nitrogens with one attached hydrogen (secondary N) is 1. The molecule has 18 heavy (non-hydrogen) atoms. The van der Waals surface area contributed by atoms with Crippen molar-refractivity contribution >= 4 is 11.5 Å². The predicted octanol–water partition coefficient (Wildman–Crippen LogP) is 2.21. The summed E-state index contributed by atoms with van der Waals surface area (Å²) in [4.78, 5) is 18.5. The number of anilines is 1. The molecule has 2 rings (SSSR count). The van der Waals surface area contributed by atoms with Gasteiger partial charge in [0.15, 0.2) is 0 Å². The minimum absolute atomic E-state index is 0.0271. The molecule has 0 spiro atoms. The Morgan fingerprint density at radius 3 is 2.83 bits per heavy atom. The molecule has 0 amide bonds. The highest BCUT2D eigenvalue weighted by molar-refractivity contribution is 5.59. The molecule has 0 saturated heterocycles. The molecule has 0 unspecified atom stereocenters. The third-order valence-corrected chi connectivity index (χ3v) is 2.38. The second-order valence-electron chi connectivity index (χ2n) is 3.80. The van der Waals surface area contributed by atoms with Gasteiger partial charge in [-0.2, -0.15) is 0 Å². The summed E-state index contributed by atoms with van der Waals surface area (Å²) in [5, 5.41) is 13.8. The lowest BCUT2D eigenvalue weighted by Gasteiger charge is -2.05. The number of oxazole rings is 1. The lowest BCUT2D eigenvalue weighted by molar-refractivity contribution is -0.384. The van der Waals surface area contributed by atoms with Crippen LogP contribution in [0.3, 0.4) is 0 Å². The summed E-state index contributed by atoms with van der Waals surface area (Å²) in [6.07, 6.45) is 3.11. The van der Waals surface area contributed by atoms with E-state index in [4.69, 9.17) is 4.42 Å². The molecule has 0 radical (unpaired) electrons. The summed E-state index contributed by atoms with van der Waals surface area (Å²) >= 11 is 0. The molecule has 0 atom stereocenters. The van der Waals surface area contributed by atoms with Gasteiger partial charge in [0.05, 0.1) is 17.7 Å². The Balaban J connectivity index is 2.19. The zero-order valence-corrected chi connectivity index (χ0v) is 10.0. The van der Waals surface area contributed by atoms with Crippen LogP contribution in [0.1, 0.15) is 17.2 Å². The number of nitrogens with zero attached hydrogens (tertiary/aromatic N) is 3. The van der Waals surface area contributed by atoms with Crippen LogP contribution in [0.4, 0.5) is 11.5 Å². The first-order chi connectivity index (χ1) is 8.58. The normalized spacial score (nSPS) is 10.3. The van der Waals surface area contributed by atoms with Crippen molar-refractivity contribution in [2.75, 3.05) is 5.32 Å². The highest BCUT2D eigenvalue weighted by Gasteiger charge is 2.18. The van der Waals surface area contributed by atoms with Crippen molar-refractivity contribution in [3.63, 3.8) is 0 Å². The summed E-state index contributed by atoms with van der Waals surface area (Å²) in [6, 6.07) is 1.60. The second-order valence-corrected chi connectivity index (χ2v) is 3.80. The largest absolute Gasteiger partial charge is 0.444 e. The second kappa shape index (κ2) is 4.82. The topological polar surface area (TPSA) is 94.1 Å². The van der Waals surface area contributed by atoms with E-state index in [2.05, 4.69) is 15.3 Å². The molecule has 1 N–H and O–H groups in total. The van der Waals surface area contributed by atoms with Crippen LogP contribution < -0.4 is 5.32 Å². The molecule has 2 heterocycles. The van der Waals surface area contributed by atoms with E-state index < -0.39 is 4.92 Å². The van der Waals surface area contributed by atoms with Crippen LogP contribution in [0.15, 0.2) is 22.9 Å². The van der Waals surface area contributed by atoms with Crippen LogP contribution in [0.5, 0.6) is 0 Å². The lowest BCUT2D eigenvalue weighted by Crippen LogP contribution is -2.05. The Labute approximate surface area is 103 Å². The smallest absolute Gasteiger partial charge is 0.314 e. The predicted molar refractivity (Wildman–Crippen MR) is 64.2 cm³/mol. The highest BCUT2D eigenvalue weighted by atomic mass is 16.6.